The molecule has 0 aliphatic heterocycles. The standard InChI is InChI=1S/C14H18N4O/c15-11-3-1-2-9(6-11)14(19)17-12-4-5-13-10(7-12)8-16-18-13/h4-5,7-9,11H,1-3,6,15H2,(H,16,18)(H,17,19)/t9-,11+/m0/s1. The van der Waals surface area contributed by atoms with Gasteiger partial charge in [0.1, 0.15) is 0 Å². The number of amides is 1. The number of hydrogen-bond acceptors (Lipinski definition) is 3. The first kappa shape index (κ1) is 12.2. The Bertz CT molecular complexity index is 592. The molecule has 5 heteroatoms. The maximum absolute atomic E-state index is 12.2. The predicted octanol–water partition coefficient (Wildman–Crippen LogP) is 2.02. The second kappa shape index (κ2) is 5.01. The number of aromatic amines is 1. The molecule has 5 nitrogen and oxygen atoms in total. The van der Waals surface area contributed by atoms with Gasteiger partial charge in [-0.1, -0.05) is 6.42 Å². The van der Waals surface area contributed by atoms with Crippen LogP contribution in [-0.2, 0) is 4.79 Å². The molecule has 1 aromatic carbocycles. The molecule has 1 heterocycles. The number of aromatic nitrogens is 2. The second-order valence-corrected chi connectivity index (χ2v) is 5.28. The zero-order valence-corrected chi connectivity index (χ0v) is 10.7. The summed E-state index contributed by atoms with van der Waals surface area (Å²) in [7, 11) is 0. The second-order valence-electron chi connectivity index (χ2n) is 5.28. The van der Waals surface area contributed by atoms with E-state index in [0.29, 0.717) is 0 Å². The molecule has 1 aliphatic carbocycles. The molecule has 2 aromatic rings. The van der Waals surface area contributed by atoms with E-state index in [1.54, 1.807) is 6.20 Å². The van der Waals surface area contributed by atoms with Gasteiger partial charge in [0, 0.05) is 23.0 Å². The molecule has 1 fully saturated rings. The summed E-state index contributed by atoms with van der Waals surface area (Å²) in [5.74, 6) is 0.127. The molecule has 100 valence electrons. The largest absolute Gasteiger partial charge is 0.328 e. The summed E-state index contributed by atoms with van der Waals surface area (Å²) in [5.41, 5.74) is 7.71. The van der Waals surface area contributed by atoms with Crippen LogP contribution in [0.5, 0.6) is 0 Å². The van der Waals surface area contributed by atoms with E-state index in [9.17, 15) is 4.79 Å². The summed E-state index contributed by atoms with van der Waals surface area (Å²) in [5, 5.41) is 10.8. The van der Waals surface area contributed by atoms with E-state index in [1.165, 1.54) is 0 Å². The number of hydrogen-bond donors (Lipinski definition) is 3. The molecule has 1 saturated carbocycles. The number of anilines is 1. The van der Waals surface area contributed by atoms with Gasteiger partial charge in [-0.3, -0.25) is 9.89 Å². The van der Waals surface area contributed by atoms with E-state index in [2.05, 4.69) is 15.5 Å². The Balaban J connectivity index is 1.71. The van der Waals surface area contributed by atoms with Crippen LogP contribution in [0.4, 0.5) is 5.69 Å². The number of benzene rings is 1. The Hall–Kier alpha value is -1.88. The van der Waals surface area contributed by atoms with Gasteiger partial charge in [-0.05, 0) is 37.5 Å². The molecular weight excluding hydrogens is 240 g/mol. The summed E-state index contributed by atoms with van der Waals surface area (Å²) < 4.78 is 0. The first-order chi connectivity index (χ1) is 9.22. The number of nitrogens with zero attached hydrogens (tertiary/aromatic N) is 1. The fourth-order valence-corrected chi connectivity index (χ4v) is 2.73. The van der Waals surface area contributed by atoms with Gasteiger partial charge < -0.3 is 11.1 Å². The number of H-pyrrole nitrogens is 1. The van der Waals surface area contributed by atoms with Crippen molar-refractivity contribution in [2.75, 3.05) is 5.32 Å². The molecule has 0 radical (unpaired) electrons. The van der Waals surface area contributed by atoms with Crippen LogP contribution < -0.4 is 11.1 Å². The lowest BCUT2D eigenvalue weighted by atomic mass is 9.85. The molecule has 19 heavy (non-hydrogen) atoms. The summed E-state index contributed by atoms with van der Waals surface area (Å²) in [4.78, 5) is 12.2. The Morgan fingerprint density at radius 2 is 2.32 bits per heavy atom. The van der Waals surface area contributed by atoms with Crippen molar-refractivity contribution in [3.05, 3.63) is 24.4 Å². The van der Waals surface area contributed by atoms with Gasteiger partial charge >= 0.3 is 0 Å². The van der Waals surface area contributed by atoms with E-state index in [0.717, 1.165) is 42.3 Å². The highest BCUT2D eigenvalue weighted by molar-refractivity contribution is 5.94. The van der Waals surface area contributed by atoms with Crippen molar-refractivity contribution in [1.82, 2.24) is 10.2 Å². The number of nitrogens with two attached hydrogens (primary N) is 1. The van der Waals surface area contributed by atoms with E-state index < -0.39 is 0 Å². The Morgan fingerprint density at radius 1 is 1.42 bits per heavy atom. The fourth-order valence-electron chi connectivity index (χ4n) is 2.73. The molecule has 3 rings (SSSR count). The Morgan fingerprint density at radius 3 is 3.16 bits per heavy atom. The van der Waals surface area contributed by atoms with Crippen molar-refractivity contribution in [2.24, 2.45) is 11.7 Å². The molecule has 1 aliphatic rings. The van der Waals surface area contributed by atoms with Crippen LogP contribution in [0.1, 0.15) is 25.7 Å². The lowest BCUT2D eigenvalue weighted by molar-refractivity contribution is -0.120. The minimum absolute atomic E-state index is 0.0452. The first-order valence-electron chi connectivity index (χ1n) is 6.72. The smallest absolute Gasteiger partial charge is 0.227 e. The SMILES string of the molecule is N[C@@H]1CCC[C@H](C(=O)Nc2ccc3[nH]ncc3c2)C1. The van der Waals surface area contributed by atoms with Gasteiger partial charge in [0.2, 0.25) is 5.91 Å². The molecule has 0 saturated heterocycles. The molecular formula is C14H18N4O. The Labute approximate surface area is 111 Å². The predicted molar refractivity (Wildman–Crippen MR) is 74.7 cm³/mol. The fraction of sp³-hybridized carbons (Fsp3) is 0.429. The maximum Gasteiger partial charge on any atom is 0.227 e. The normalized spacial score (nSPS) is 23.4. The summed E-state index contributed by atoms with van der Waals surface area (Å²) in [6, 6.07) is 5.91. The number of fused-ring (bicyclic) bond motifs is 1. The molecule has 0 bridgehead atoms. The van der Waals surface area contributed by atoms with Gasteiger partial charge in [0.05, 0.1) is 11.7 Å². The van der Waals surface area contributed by atoms with Crippen LogP contribution in [0.25, 0.3) is 10.9 Å². The van der Waals surface area contributed by atoms with Crippen molar-refractivity contribution >= 4 is 22.5 Å². The number of carbonyl (C=O) groups is 1. The van der Waals surface area contributed by atoms with Crippen LogP contribution in [0.3, 0.4) is 0 Å². The monoisotopic (exact) mass is 258 g/mol. The number of carbonyl (C=O) groups excluding carboxylic acids is 1. The van der Waals surface area contributed by atoms with E-state index in [1.807, 2.05) is 18.2 Å². The van der Waals surface area contributed by atoms with Gasteiger partial charge in [-0.15, -0.1) is 0 Å². The van der Waals surface area contributed by atoms with Gasteiger partial charge in [-0.25, -0.2) is 0 Å². The van der Waals surface area contributed by atoms with E-state index >= 15 is 0 Å². The minimum Gasteiger partial charge on any atom is -0.328 e. The summed E-state index contributed by atoms with van der Waals surface area (Å²) in [6.07, 6.45) is 5.56. The highest BCUT2D eigenvalue weighted by atomic mass is 16.1. The summed E-state index contributed by atoms with van der Waals surface area (Å²) in [6.45, 7) is 0. The molecule has 0 spiro atoms. The van der Waals surface area contributed by atoms with Crippen LogP contribution in [0.15, 0.2) is 24.4 Å². The number of nitrogens with one attached hydrogen (secondary N) is 2. The topological polar surface area (TPSA) is 83.8 Å². The van der Waals surface area contributed by atoms with Gasteiger partial charge in [0.25, 0.3) is 0 Å². The molecule has 2 atom stereocenters. The third-order valence-corrected chi connectivity index (χ3v) is 3.79. The Kier molecular flexibility index (Phi) is 3.21. The van der Waals surface area contributed by atoms with Crippen molar-refractivity contribution in [2.45, 2.75) is 31.7 Å². The van der Waals surface area contributed by atoms with Gasteiger partial charge in [-0.2, -0.15) is 5.10 Å². The zero-order valence-electron chi connectivity index (χ0n) is 10.7. The van der Waals surface area contributed by atoms with E-state index in [4.69, 9.17) is 5.73 Å². The van der Waals surface area contributed by atoms with Crippen molar-refractivity contribution in [1.29, 1.82) is 0 Å². The van der Waals surface area contributed by atoms with Crippen molar-refractivity contribution in [3.63, 3.8) is 0 Å². The highest BCUT2D eigenvalue weighted by Crippen LogP contribution is 2.25. The van der Waals surface area contributed by atoms with Crippen LogP contribution in [-0.4, -0.2) is 22.1 Å². The summed E-state index contributed by atoms with van der Waals surface area (Å²) >= 11 is 0. The minimum atomic E-state index is 0.0452. The lowest BCUT2D eigenvalue weighted by Crippen LogP contribution is -2.34. The maximum atomic E-state index is 12.2. The zero-order chi connectivity index (χ0) is 13.2. The molecule has 1 amide bonds. The average molecular weight is 258 g/mol. The van der Waals surface area contributed by atoms with Crippen LogP contribution in [0.2, 0.25) is 0 Å². The van der Waals surface area contributed by atoms with Crippen molar-refractivity contribution < 1.29 is 4.79 Å². The lowest BCUT2D eigenvalue weighted by Gasteiger charge is -2.25. The number of rotatable bonds is 2. The van der Waals surface area contributed by atoms with Crippen molar-refractivity contribution in [3.8, 4) is 0 Å². The highest BCUT2D eigenvalue weighted by Gasteiger charge is 2.25. The van der Waals surface area contributed by atoms with Crippen LogP contribution in [0, 0.1) is 5.92 Å². The third-order valence-electron chi connectivity index (χ3n) is 3.79. The van der Waals surface area contributed by atoms with Gasteiger partial charge in [0.15, 0.2) is 0 Å². The molecule has 4 N–H and O–H groups in total. The first-order valence-corrected chi connectivity index (χ1v) is 6.72. The third kappa shape index (κ3) is 2.61. The molecule has 0 unspecified atom stereocenters. The molecule has 1 aromatic heterocycles. The van der Waals surface area contributed by atoms with Crippen LogP contribution >= 0.6 is 0 Å². The van der Waals surface area contributed by atoms with E-state index in [-0.39, 0.29) is 17.9 Å². The quantitative estimate of drug-likeness (QED) is 0.770. The average Bonchev–Trinajstić information content (AvgIpc) is 2.86.